The Hall–Kier alpha value is -1.18. The molecule has 0 aromatic carbocycles. The van der Waals surface area contributed by atoms with Crippen molar-refractivity contribution in [2.24, 2.45) is 0 Å². The van der Waals surface area contributed by atoms with Crippen molar-refractivity contribution < 1.29 is 23.4 Å². The summed E-state index contributed by atoms with van der Waals surface area (Å²) in [4.78, 5) is 3.20. The van der Waals surface area contributed by atoms with Gasteiger partial charge in [0.05, 0.1) is 6.10 Å². The maximum atomic E-state index is 12.6. The minimum Gasteiger partial charge on any atom is -0.389 e. The van der Waals surface area contributed by atoms with Crippen molar-refractivity contribution in [1.29, 1.82) is 0 Å². The molecule has 0 radical (unpaired) electrons. The Morgan fingerprint density at radius 1 is 1.41 bits per heavy atom. The Balaban J connectivity index is 3.05. The van der Waals surface area contributed by atoms with Gasteiger partial charge >= 0.3 is 6.18 Å². The van der Waals surface area contributed by atoms with E-state index >= 15 is 0 Å². The number of alkyl halides is 3. The average molecular weight is 250 g/mol. The fourth-order valence-corrected chi connectivity index (χ4v) is 1.42. The fourth-order valence-electron chi connectivity index (χ4n) is 1.42. The number of likely N-dealkylation sites (N-methyl/N-ethyl adjacent to an activating group) is 1. The molecule has 0 saturated heterocycles. The highest BCUT2D eigenvalue weighted by Crippen LogP contribution is 2.33. The summed E-state index contributed by atoms with van der Waals surface area (Å²) in [6, 6.07) is 2.37. The largest absolute Gasteiger partial charge is 0.433 e. The van der Waals surface area contributed by atoms with E-state index in [1.807, 2.05) is 0 Å². The molecule has 0 aliphatic rings. The van der Waals surface area contributed by atoms with Crippen LogP contribution in [-0.4, -0.2) is 34.9 Å². The minimum atomic E-state index is -4.66. The minimum absolute atomic E-state index is 0.0205. The molecular formula is C10H13F3N2O2. The van der Waals surface area contributed by atoms with Crippen molar-refractivity contribution in [3.8, 4) is 0 Å². The Kier molecular flexibility index (Phi) is 4.44. The zero-order valence-corrected chi connectivity index (χ0v) is 9.07. The molecule has 2 unspecified atom stereocenters. The number of halogens is 3. The van der Waals surface area contributed by atoms with Gasteiger partial charge in [-0.3, -0.25) is 4.98 Å². The molecule has 0 saturated carbocycles. The number of hydrogen-bond acceptors (Lipinski definition) is 4. The first-order chi connectivity index (χ1) is 7.88. The highest BCUT2D eigenvalue weighted by molar-refractivity contribution is 5.25. The van der Waals surface area contributed by atoms with Gasteiger partial charge in [0.1, 0.15) is 11.8 Å². The highest BCUT2D eigenvalue weighted by Gasteiger charge is 2.37. The summed E-state index contributed by atoms with van der Waals surface area (Å²) in [7, 11) is 1.52. The monoisotopic (exact) mass is 250 g/mol. The van der Waals surface area contributed by atoms with Gasteiger partial charge in [-0.25, -0.2) is 0 Å². The number of aliphatic hydroxyl groups is 2. The Bertz CT molecular complexity index is 371. The second-order valence-corrected chi connectivity index (χ2v) is 3.51. The van der Waals surface area contributed by atoms with Crippen molar-refractivity contribution in [2.45, 2.75) is 18.4 Å². The van der Waals surface area contributed by atoms with E-state index in [4.69, 9.17) is 0 Å². The summed E-state index contributed by atoms with van der Waals surface area (Å²) in [5.74, 6) is 0. The molecule has 0 fully saturated rings. The van der Waals surface area contributed by atoms with Crippen LogP contribution in [-0.2, 0) is 6.18 Å². The van der Waals surface area contributed by atoms with Crippen LogP contribution < -0.4 is 5.32 Å². The summed E-state index contributed by atoms with van der Waals surface area (Å²) < 4.78 is 37.8. The third kappa shape index (κ3) is 3.39. The van der Waals surface area contributed by atoms with Crippen LogP contribution >= 0.6 is 0 Å². The maximum absolute atomic E-state index is 12.6. The van der Waals surface area contributed by atoms with Gasteiger partial charge in [0.2, 0.25) is 0 Å². The van der Waals surface area contributed by atoms with Gasteiger partial charge in [-0.15, -0.1) is 0 Å². The molecule has 1 rings (SSSR count). The SMILES string of the molecule is CNCC(O)C(O)c1cccnc1C(F)(F)F. The number of aliphatic hydroxyl groups excluding tert-OH is 2. The van der Waals surface area contributed by atoms with E-state index in [-0.39, 0.29) is 6.54 Å². The standard InChI is InChI=1S/C10H13F3N2O2/c1-14-5-7(16)8(17)6-3-2-4-15-9(6)10(11,12)13/h2-4,7-8,14,16-17H,5H2,1H3. The summed E-state index contributed by atoms with van der Waals surface area (Å²) in [6.07, 6.45) is -6.63. The Morgan fingerprint density at radius 3 is 2.59 bits per heavy atom. The van der Waals surface area contributed by atoms with E-state index in [1.54, 1.807) is 0 Å². The van der Waals surface area contributed by atoms with Crippen LogP contribution in [0, 0.1) is 0 Å². The summed E-state index contributed by atoms with van der Waals surface area (Å²) in [5, 5.41) is 21.7. The van der Waals surface area contributed by atoms with E-state index in [1.165, 1.54) is 13.1 Å². The van der Waals surface area contributed by atoms with Crippen molar-refractivity contribution in [3.63, 3.8) is 0 Å². The third-order valence-corrected chi connectivity index (χ3v) is 2.20. The molecule has 1 aromatic heterocycles. The first kappa shape index (κ1) is 13.9. The lowest BCUT2D eigenvalue weighted by molar-refractivity contribution is -0.143. The molecule has 1 heterocycles. The molecular weight excluding hydrogens is 237 g/mol. The van der Waals surface area contributed by atoms with E-state index in [9.17, 15) is 23.4 Å². The van der Waals surface area contributed by atoms with Gasteiger partial charge in [-0.1, -0.05) is 6.07 Å². The Morgan fingerprint density at radius 2 is 2.06 bits per heavy atom. The summed E-state index contributed by atoms with van der Waals surface area (Å²) in [5.41, 5.74) is -1.61. The molecule has 1 aromatic rings. The van der Waals surface area contributed by atoms with Crippen LogP contribution in [0.1, 0.15) is 17.4 Å². The molecule has 0 bridgehead atoms. The number of hydrogen-bond donors (Lipinski definition) is 3. The fraction of sp³-hybridized carbons (Fsp3) is 0.500. The Labute approximate surface area is 96.1 Å². The van der Waals surface area contributed by atoms with Gasteiger partial charge in [0.15, 0.2) is 0 Å². The molecule has 7 heteroatoms. The summed E-state index contributed by atoms with van der Waals surface area (Å²) >= 11 is 0. The topological polar surface area (TPSA) is 65.4 Å². The van der Waals surface area contributed by atoms with E-state index in [0.29, 0.717) is 0 Å². The second kappa shape index (κ2) is 5.44. The average Bonchev–Trinajstić information content (AvgIpc) is 2.27. The zero-order chi connectivity index (χ0) is 13.1. The highest BCUT2D eigenvalue weighted by atomic mass is 19.4. The molecule has 96 valence electrons. The summed E-state index contributed by atoms with van der Waals surface area (Å²) in [6.45, 7) is -0.0205. The maximum Gasteiger partial charge on any atom is 0.433 e. The molecule has 17 heavy (non-hydrogen) atoms. The van der Waals surface area contributed by atoms with Crippen LogP contribution in [0.25, 0.3) is 0 Å². The number of pyridine rings is 1. The number of aromatic nitrogens is 1. The predicted octanol–water partition coefficient (Wildman–Crippen LogP) is 0.714. The van der Waals surface area contributed by atoms with E-state index in [0.717, 1.165) is 12.3 Å². The molecule has 0 aliphatic carbocycles. The molecule has 4 nitrogen and oxygen atoms in total. The van der Waals surface area contributed by atoms with Crippen molar-refractivity contribution in [1.82, 2.24) is 10.3 Å². The third-order valence-electron chi connectivity index (χ3n) is 2.20. The predicted molar refractivity (Wildman–Crippen MR) is 54.1 cm³/mol. The van der Waals surface area contributed by atoms with Gasteiger partial charge in [-0.2, -0.15) is 13.2 Å². The zero-order valence-electron chi connectivity index (χ0n) is 9.07. The van der Waals surface area contributed by atoms with Gasteiger partial charge < -0.3 is 15.5 Å². The lowest BCUT2D eigenvalue weighted by atomic mass is 10.0. The van der Waals surface area contributed by atoms with Crippen LogP contribution in [0.2, 0.25) is 0 Å². The first-order valence-electron chi connectivity index (χ1n) is 4.90. The molecule has 0 aliphatic heterocycles. The quantitative estimate of drug-likeness (QED) is 0.736. The van der Waals surface area contributed by atoms with Crippen LogP contribution in [0.5, 0.6) is 0 Å². The van der Waals surface area contributed by atoms with E-state index in [2.05, 4.69) is 10.3 Å². The number of nitrogens with zero attached hydrogens (tertiary/aromatic N) is 1. The molecule has 0 spiro atoms. The first-order valence-corrected chi connectivity index (χ1v) is 4.90. The van der Waals surface area contributed by atoms with Crippen LogP contribution in [0.3, 0.4) is 0 Å². The van der Waals surface area contributed by atoms with E-state index < -0.39 is 29.6 Å². The normalized spacial score (nSPS) is 15.6. The molecule has 2 atom stereocenters. The van der Waals surface area contributed by atoms with Crippen molar-refractivity contribution >= 4 is 0 Å². The van der Waals surface area contributed by atoms with Crippen LogP contribution in [0.15, 0.2) is 18.3 Å². The smallest absolute Gasteiger partial charge is 0.389 e. The molecule has 0 amide bonds. The van der Waals surface area contributed by atoms with Crippen LogP contribution in [0.4, 0.5) is 13.2 Å². The van der Waals surface area contributed by atoms with Crippen molar-refractivity contribution in [2.75, 3.05) is 13.6 Å². The van der Waals surface area contributed by atoms with Gasteiger partial charge in [0.25, 0.3) is 0 Å². The lowest BCUT2D eigenvalue weighted by Crippen LogP contribution is -2.31. The lowest BCUT2D eigenvalue weighted by Gasteiger charge is -2.20. The number of nitrogens with one attached hydrogen (secondary N) is 1. The van der Waals surface area contributed by atoms with Gasteiger partial charge in [0, 0.05) is 18.3 Å². The van der Waals surface area contributed by atoms with Gasteiger partial charge in [-0.05, 0) is 13.1 Å². The number of rotatable bonds is 4. The molecule has 3 N–H and O–H groups in total. The van der Waals surface area contributed by atoms with Crippen molar-refractivity contribution in [3.05, 3.63) is 29.6 Å². The second-order valence-electron chi connectivity index (χ2n) is 3.51.